The van der Waals surface area contributed by atoms with Crippen molar-refractivity contribution in [2.45, 2.75) is 11.3 Å². The van der Waals surface area contributed by atoms with Crippen LogP contribution in [-0.2, 0) is 0 Å². The zero-order valence-corrected chi connectivity index (χ0v) is 15.1. The van der Waals surface area contributed by atoms with Gasteiger partial charge >= 0.3 is 0 Å². The van der Waals surface area contributed by atoms with Gasteiger partial charge in [-0.05, 0) is 23.9 Å². The van der Waals surface area contributed by atoms with Gasteiger partial charge in [0.25, 0.3) is 5.91 Å². The van der Waals surface area contributed by atoms with Crippen molar-refractivity contribution in [2.24, 2.45) is 0 Å². The van der Waals surface area contributed by atoms with Crippen molar-refractivity contribution in [2.75, 3.05) is 11.1 Å². The van der Waals surface area contributed by atoms with Crippen LogP contribution in [0.5, 0.6) is 0 Å². The Morgan fingerprint density at radius 3 is 2.71 bits per heavy atom. The SMILES string of the molecule is Cc1csc(C(=O)Nc2nnc(SCC(=O)c3ccccc3)s2)c1. The molecule has 2 heterocycles. The quantitative estimate of drug-likeness (QED) is 0.398. The van der Waals surface area contributed by atoms with Crippen molar-refractivity contribution < 1.29 is 9.59 Å². The molecule has 2 aromatic heterocycles. The number of thioether (sulfide) groups is 1. The van der Waals surface area contributed by atoms with Crippen LogP contribution in [-0.4, -0.2) is 27.6 Å². The highest BCUT2D eigenvalue weighted by atomic mass is 32.2. The minimum atomic E-state index is -0.193. The van der Waals surface area contributed by atoms with Crippen LogP contribution in [0, 0.1) is 6.92 Å². The second kappa shape index (κ2) is 7.69. The Balaban J connectivity index is 1.56. The van der Waals surface area contributed by atoms with E-state index >= 15 is 0 Å². The van der Waals surface area contributed by atoms with Gasteiger partial charge in [0.15, 0.2) is 10.1 Å². The number of thiophene rings is 1. The van der Waals surface area contributed by atoms with Crippen LogP contribution in [0.2, 0.25) is 0 Å². The van der Waals surface area contributed by atoms with Crippen LogP contribution < -0.4 is 5.32 Å². The van der Waals surface area contributed by atoms with Gasteiger partial charge < -0.3 is 0 Å². The summed E-state index contributed by atoms with van der Waals surface area (Å²) in [7, 11) is 0. The van der Waals surface area contributed by atoms with Gasteiger partial charge in [-0.1, -0.05) is 53.4 Å². The third kappa shape index (κ3) is 4.28. The van der Waals surface area contributed by atoms with Gasteiger partial charge in [0.2, 0.25) is 5.13 Å². The number of nitrogens with zero attached hydrogens (tertiary/aromatic N) is 2. The number of anilines is 1. The lowest BCUT2D eigenvalue weighted by molar-refractivity contribution is 0.101. The molecule has 122 valence electrons. The summed E-state index contributed by atoms with van der Waals surface area (Å²) < 4.78 is 0.650. The number of carbonyl (C=O) groups is 2. The average Bonchev–Trinajstić information content (AvgIpc) is 3.22. The Morgan fingerprint density at radius 2 is 2.00 bits per heavy atom. The van der Waals surface area contributed by atoms with Gasteiger partial charge in [0.05, 0.1) is 10.6 Å². The summed E-state index contributed by atoms with van der Waals surface area (Å²) in [4.78, 5) is 24.8. The molecule has 1 aromatic carbocycles. The molecule has 5 nitrogen and oxygen atoms in total. The lowest BCUT2D eigenvalue weighted by Gasteiger charge is -1.98. The van der Waals surface area contributed by atoms with Crippen LogP contribution in [0.1, 0.15) is 25.6 Å². The molecule has 1 N–H and O–H groups in total. The van der Waals surface area contributed by atoms with Gasteiger partial charge in [-0.15, -0.1) is 21.5 Å². The highest BCUT2D eigenvalue weighted by Gasteiger charge is 2.13. The second-order valence-corrected chi connectivity index (χ2v) is 8.00. The molecule has 8 heteroatoms. The van der Waals surface area contributed by atoms with Crippen LogP contribution in [0.3, 0.4) is 0 Å². The van der Waals surface area contributed by atoms with Gasteiger partial charge in [0, 0.05) is 5.56 Å². The van der Waals surface area contributed by atoms with Crippen LogP contribution >= 0.6 is 34.4 Å². The van der Waals surface area contributed by atoms with E-state index in [1.807, 2.05) is 36.6 Å². The highest BCUT2D eigenvalue weighted by molar-refractivity contribution is 8.01. The normalized spacial score (nSPS) is 10.5. The number of aromatic nitrogens is 2. The molecule has 0 aliphatic carbocycles. The Bertz CT molecular complexity index is 858. The van der Waals surface area contributed by atoms with Crippen LogP contribution in [0.4, 0.5) is 5.13 Å². The number of rotatable bonds is 6. The van der Waals surface area contributed by atoms with E-state index in [-0.39, 0.29) is 17.4 Å². The van der Waals surface area contributed by atoms with E-state index in [4.69, 9.17) is 0 Å². The first-order valence-electron chi connectivity index (χ1n) is 7.03. The first kappa shape index (κ1) is 16.8. The van der Waals surface area contributed by atoms with Crippen molar-refractivity contribution in [1.29, 1.82) is 0 Å². The first-order valence-corrected chi connectivity index (χ1v) is 9.71. The summed E-state index contributed by atoms with van der Waals surface area (Å²) >= 11 is 3.97. The van der Waals surface area contributed by atoms with E-state index in [1.165, 1.54) is 34.4 Å². The summed E-state index contributed by atoms with van der Waals surface area (Å²) in [6.07, 6.45) is 0. The molecule has 1 amide bonds. The number of hydrogen-bond acceptors (Lipinski definition) is 7. The van der Waals surface area contributed by atoms with Gasteiger partial charge in [-0.3, -0.25) is 14.9 Å². The topological polar surface area (TPSA) is 72.0 Å². The molecule has 0 aliphatic heterocycles. The van der Waals surface area contributed by atoms with E-state index in [0.717, 1.165) is 5.56 Å². The third-order valence-electron chi connectivity index (χ3n) is 3.00. The average molecular weight is 376 g/mol. The lowest BCUT2D eigenvalue weighted by atomic mass is 10.2. The predicted octanol–water partition coefficient (Wildman–Crippen LogP) is 4.14. The van der Waals surface area contributed by atoms with Crippen molar-refractivity contribution >= 4 is 51.3 Å². The maximum Gasteiger partial charge on any atom is 0.267 e. The van der Waals surface area contributed by atoms with Crippen molar-refractivity contribution in [1.82, 2.24) is 10.2 Å². The molecule has 0 saturated heterocycles. The monoisotopic (exact) mass is 375 g/mol. The summed E-state index contributed by atoms with van der Waals surface area (Å²) in [6.45, 7) is 1.94. The number of benzene rings is 1. The molecule has 0 spiro atoms. The summed E-state index contributed by atoms with van der Waals surface area (Å²) in [5, 5.41) is 13.0. The maximum atomic E-state index is 12.1. The van der Waals surface area contributed by atoms with Crippen molar-refractivity contribution in [3.63, 3.8) is 0 Å². The van der Waals surface area contributed by atoms with Gasteiger partial charge in [0.1, 0.15) is 0 Å². The second-order valence-electron chi connectivity index (χ2n) is 4.89. The number of nitrogens with one attached hydrogen (secondary N) is 1. The molecule has 0 aliphatic rings. The molecule has 24 heavy (non-hydrogen) atoms. The van der Waals surface area contributed by atoms with Crippen molar-refractivity contribution in [3.8, 4) is 0 Å². The summed E-state index contributed by atoms with van der Waals surface area (Å²) in [5.41, 5.74) is 1.73. The Labute approximate surface area is 151 Å². The van der Waals surface area contributed by atoms with E-state index in [1.54, 1.807) is 12.1 Å². The van der Waals surface area contributed by atoms with Crippen molar-refractivity contribution in [3.05, 3.63) is 57.8 Å². The molecule has 0 fully saturated rings. The number of hydrogen-bond donors (Lipinski definition) is 1. The highest BCUT2D eigenvalue weighted by Crippen LogP contribution is 2.27. The van der Waals surface area contributed by atoms with E-state index in [2.05, 4.69) is 15.5 Å². The Morgan fingerprint density at radius 1 is 1.21 bits per heavy atom. The number of amides is 1. The minimum absolute atomic E-state index is 0.0375. The number of aryl methyl sites for hydroxylation is 1. The summed E-state index contributed by atoms with van der Waals surface area (Å²) in [5.74, 6) is 0.132. The molecule has 3 rings (SSSR count). The van der Waals surface area contributed by atoms with E-state index < -0.39 is 0 Å². The fourth-order valence-corrected chi connectivity index (χ4v) is 4.30. The van der Waals surface area contributed by atoms with Crippen LogP contribution in [0.25, 0.3) is 0 Å². The van der Waals surface area contributed by atoms with Gasteiger partial charge in [-0.25, -0.2) is 0 Å². The molecule has 0 unspecified atom stereocenters. The molecule has 3 aromatic rings. The molecular formula is C16H13N3O2S3. The Kier molecular flexibility index (Phi) is 5.39. The maximum absolute atomic E-state index is 12.1. The molecule has 0 saturated carbocycles. The fraction of sp³-hybridized carbons (Fsp3) is 0.125. The first-order chi connectivity index (χ1) is 11.6. The summed E-state index contributed by atoms with van der Waals surface area (Å²) in [6, 6.07) is 11.0. The zero-order valence-electron chi connectivity index (χ0n) is 12.7. The largest absolute Gasteiger partial charge is 0.296 e. The number of ketones is 1. The van der Waals surface area contributed by atoms with Crippen LogP contribution in [0.15, 0.2) is 46.1 Å². The number of Topliss-reactive ketones (excluding diaryl/α,β-unsaturated/α-hetero) is 1. The predicted molar refractivity (Wildman–Crippen MR) is 98.4 cm³/mol. The minimum Gasteiger partial charge on any atom is -0.296 e. The molecule has 0 radical (unpaired) electrons. The molecule has 0 atom stereocenters. The zero-order chi connectivity index (χ0) is 16.9. The lowest BCUT2D eigenvalue weighted by Crippen LogP contribution is -2.09. The third-order valence-corrected chi connectivity index (χ3v) is 6.02. The van der Waals surface area contributed by atoms with E-state index in [0.29, 0.717) is 19.9 Å². The standard InChI is InChI=1S/C16H13N3O2S3/c1-10-7-13(22-8-10)14(21)17-15-18-19-16(24-15)23-9-12(20)11-5-3-2-4-6-11/h2-8H,9H2,1H3,(H,17,18,21). The van der Waals surface area contributed by atoms with E-state index in [9.17, 15) is 9.59 Å². The molecule has 0 bridgehead atoms. The molecular weight excluding hydrogens is 362 g/mol. The smallest absolute Gasteiger partial charge is 0.267 e. The Hall–Kier alpha value is -2.03. The number of carbonyl (C=O) groups excluding carboxylic acids is 2. The van der Waals surface area contributed by atoms with Gasteiger partial charge in [-0.2, -0.15) is 0 Å². The fourth-order valence-electron chi connectivity index (χ4n) is 1.86.